The number of hydrogen-bond donors (Lipinski definition) is 4. The summed E-state index contributed by atoms with van der Waals surface area (Å²) in [6.07, 6.45) is -0.816. The number of hydrogen-bond acceptors (Lipinski definition) is 10. The lowest BCUT2D eigenvalue weighted by Gasteiger charge is -2.21. The maximum absolute atomic E-state index is 12.9. The summed E-state index contributed by atoms with van der Waals surface area (Å²) in [5.74, 6) is -4.44. The van der Waals surface area contributed by atoms with Crippen LogP contribution in [0.1, 0.15) is 51.2 Å². The molecule has 0 aromatic heterocycles. The van der Waals surface area contributed by atoms with Gasteiger partial charge in [-0.05, 0) is 38.3 Å². The number of carbonyl (C=O) groups excluding carboxylic acids is 6. The van der Waals surface area contributed by atoms with Crippen molar-refractivity contribution in [2.45, 2.75) is 70.9 Å². The van der Waals surface area contributed by atoms with E-state index < -0.39 is 72.8 Å². The standard InChI is InChI=1S/C31H40N4O9/c1-31(2,3)44-26(37)15-14-23(32)29(40)35-24(30(41)34-18-28(39)43-20-22-12-8-5-9-13-22)16-25(36)33-17-27(38)42-19-21-10-6-4-7-11-21/h4-13,23-24H,14-20,32H2,1-3H3,(H,33,36)(H,34,41)(H,35,40). The van der Waals surface area contributed by atoms with E-state index in [-0.39, 0.29) is 26.1 Å². The molecule has 2 aromatic carbocycles. The molecular weight excluding hydrogens is 572 g/mol. The molecule has 0 fully saturated rings. The predicted octanol–water partition coefficient (Wildman–Crippen LogP) is 1.03. The Kier molecular flexibility index (Phi) is 14.5. The first-order chi connectivity index (χ1) is 20.8. The van der Waals surface area contributed by atoms with Gasteiger partial charge in [-0.3, -0.25) is 28.8 Å². The molecule has 0 heterocycles. The first kappa shape index (κ1) is 35.4. The van der Waals surface area contributed by atoms with Gasteiger partial charge in [-0.25, -0.2) is 0 Å². The number of ether oxygens (including phenoxy) is 3. The third kappa shape index (κ3) is 14.9. The molecule has 5 N–H and O–H groups in total. The summed E-state index contributed by atoms with van der Waals surface area (Å²) in [5.41, 5.74) is 6.71. The summed E-state index contributed by atoms with van der Waals surface area (Å²) in [4.78, 5) is 74.5. The highest BCUT2D eigenvalue weighted by Gasteiger charge is 2.28. The molecule has 0 saturated carbocycles. The van der Waals surface area contributed by atoms with Crippen LogP contribution in [0.15, 0.2) is 60.7 Å². The van der Waals surface area contributed by atoms with Gasteiger partial charge in [0, 0.05) is 6.42 Å². The van der Waals surface area contributed by atoms with Crippen LogP contribution in [0.3, 0.4) is 0 Å². The van der Waals surface area contributed by atoms with E-state index in [1.165, 1.54) is 0 Å². The summed E-state index contributed by atoms with van der Waals surface area (Å²) >= 11 is 0. The molecule has 2 rings (SSSR count). The van der Waals surface area contributed by atoms with Gasteiger partial charge in [0.05, 0.1) is 12.5 Å². The van der Waals surface area contributed by atoms with E-state index in [0.717, 1.165) is 11.1 Å². The minimum Gasteiger partial charge on any atom is -0.460 e. The Labute approximate surface area is 256 Å². The normalized spacial score (nSPS) is 12.2. The molecule has 2 unspecified atom stereocenters. The summed E-state index contributed by atoms with van der Waals surface area (Å²) in [6.45, 7) is 4.10. The van der Waals surface area contributed by atoms with Crippen LogP contribution in [0.2, 0.25) is 0 Å². The average molecular weight is 613 g/mol. The van der Waals surface area contributed by atoms with Gasteiger partial charge in [-0.15, -0.1) is 0 Å². The van der Waals surface area contributed by atoms with E-state index in [0.29, 0.717) is 0 Å². The Hall–Kier alpha value is -4.78. The third-order valence-corrected chi connectivity index (χ3v) is 5.76. The third-order valence-electron chi connectivity index (χ3n) is 5.76. The monoisotopic (exact) mass is 612 g/mol. The van der Waals surface area contributed by atoms with Crippen LogP contribution in [0.4, 0.5) is 0 Å². The zero-order valence-corrected chi connectivity index (χ0v) is 25.1. The van der Waals surface area contributed by atoms with Gasteiger partial charge >= 0.3 is 17.9 Å². The molecule has 0 aliphatic heterocycles. The van der Waals surface area contributed by atoms with Crippen LogP contribution in [0, 0.1) is 0 Å². The van der Waals surface area contributed by atoms with Gasteiger partial charge in [0.15, 0.2) is 0 Å². The van der Waals surface area contributed by atoms with E-state index in [1.807, 2.05) is 12.1 Å². The number of benzene rings is 2. The zero-order valence-electron chi connectivity index (χ0n) is 25.1. The van der Waals surface area contributed by atoms with Gasteiger partial charge in [-0.2, -0.15) is 0 Å². The second-order valence-corrected chi connectivity index (χ2v) is 10.8. The molecule has 0 bridgehead atoms. The number of carbonyl (C=O) groups is 6. The molecule has 3 amide bonds. The van der Waals surface area contributed by atoms with Crippen molar-refractivity contribution in [3.05, 3.63) is 71.8 Å². The number of nitrogens with one attached hydrogen (secondary N) is 3. The molecule has 0 aliphatic rings. The fourth-order valence-corrected chi connectivity index (χ4v) is 3.57. The minimum atomic E-state index is -1.46. The molecule has 13 heteroatoms. The molecule has 13 nitrogen and oxygen atoms in total. The van der Waals surface area contributed by atoms with Crippen molar-refractivity contribution in [3.63, 3.8) is 0 Å². The summed E-state index contributed by atoms with van der Waals surface area (Å²) in [5, 5.41) is 7.05. The number of esters is 3. The highest BCUT2D eigenvalue weighted by Crippen LogP contribution is 2.10. The van der Waals surface area contributed by atoms with E-state index in [9.17, 15) is 28.8 Å². The largest absolute Gasteiger partial charge is 0.460 e. The van der Waals surface area contributed by atoms with Gasteiger partial charge < -0.3 is 35.9 Å². The lowest BCUT2D eigenvalue weighted by molar-refractivity contribution is -0.155. The minimum absolute atomic E-state index is 0.00894. The van der Waals surface area contributed by atoms with Crippen LogP contribution in [0.25, 0.3) is 0 Å². The highest BCUT2D eigenvalue weighted by molar-refractivity contribution is 5.95. The lowest BCUT2D eigenvalue weighted by atomic mass is 10.1. The smallest absolute Gasteiger partial charge is 0.325 e. The molecule has 44 heavy (non-hydrogen) atoms. The zero-order chi connectivity index (χ0) is 32.5. The molecule has 0 spiro atoms. The number of nitrogens with two attached hydrogens (primary N) is 1. The molecule has 2 aromatic rings. The van der Waals surface area contributed by atoms with Crippen molar-refractivity contribution >= 4 is 35.6 Å². The maximum atomic E-state index is 12.9. The summed E-state index contributed by atoms with van der Waals surface area (Å²) in [7, 11) is 0. The highest BCUT2D eigenvalue weighted by atomic mass is 16.6. The molecule has 2 atom stereocenters. The Morgan fingerprint density at radius 3 is 1.73 bits per heavy atom. The molecular formula is C31H40N4O9. The average Bonchev–Trinajstić information content (AvgIpc) is 2.99. The summed E-state index contributed by atoms with van der Waals surface area (Å²) < 4.78 is 15.5. The van der Waals surface area contributed by atoms with E-state index in [2.05, 4.69) is 16.0 Å². The molecule has 0 radical (unpaired) electrons. The van der Waals surface area contributed by atoms with E-state index in [1.54, 1.807) is 69.3 Å². The van der Waals surface area contributed by atoms with E-state index in [4.69, 9.17) is 19.9 Å². The van der Waals surface area contributed by atoms with Crippen LogP contribution >= 0.6 is 0 Å². The fraction of sp³-hybridized carbons (Fsp3) is 0.419. The number of amides is 3. The van der Waals surface area contributed by atoms with Crippen molar-refractivity contribution < 1.29 is 43.0 Å². The Bertz CT molecular complexity index is 1260. The van der Waals surface area contributed by atoms with Gasteiger partial charge in [-0.1, -0.05) is 60.7 Å². The van der Waals surface area contributed by atoms with Gasteiger partial charge in [0.1, 0.15) is 37.9 Å². The lowest BCUT2D eigenvalue weighted by Crippen LogP contribution is -2.54. The molecule has 0 aliphatic carbocycles. The Morgan fingerprint density at radius 1 is 0.727 bits per heavy atom. The fourth-order valence-electron chi connectivity index (χ4n) is 3.57. The molecule has 238 valence electrons. The topological polar surface area (TPSA) is 192 Å². The van der Waals surface area contributed by atoms with Crippen molar-refractivity contribution in [1.82, 2.24) is 16.0 Å². The van der Waals surface area contributed by atoms with Crippen LogP contribution < -0.4 is 21.7 Å². The first-order valence-electron chi connectivity index (χ1n) is 14.0. The van der Waals surface area contributed by atoms with Gasteiger partial charge in [0.25, 0.3) is 0 Å². The van der Waals surface area contributed by atoms with Crippen LogP contribution in [-0.4, -0.2) is 66.4 Å². The summed E-state index contributed by atoms with van der Waals surface area (Å²) in [6, 6.07) is 15.2. The van der Waals surface area contributed by atoms with Crippen molar-refractivity contribution in [2.24, 2.45) is 5.73 Å². The molecule has 0 saturated heterocycles. The van der Waals surface area contributed by atoms with Crippen molar-refractivity contribution in [1.29, 1.82) is 0 Å². The van der Waals surface area contributed by atoms with Crippen molar-refractivity contribution in [3.8, 4) is 0 Å². The van der Waals surface area contributed by atoms with Crippen LogP contribution in [0.5, 0.6) is 0 Å². The second-order valence-electron chi connectivity index (χ2n) is 10.8. The van der Waals surface area contributed by atoms with Crippen molar-refractivity contribution in [2.75, 3.05) is 13.1 Å². The van der Waals surface area contributed by atoms with E-state index >= 15 is 0 Å². The Morgan fingerprint density at radius 2 is 1.23 bits per heavy atom. The second kappa shape index (κ2) is 18.0. The van der Waals surface area contributed by atoms with Crippen LogP contribution in [-0.2, 0) is 56.2 Å². The Balaban J connectivity index is 1.93. The SMILES string of the molecule is CC(C)(C)OC(=O)CCC(N)C(=O)NC(CC(=O)NCC(=O)OCc1ccccc1)C(=O)NCC(=O)OCc1ccccc1. The quantitative estimate of drug-likeness (QED) is 0.157. The maximum Gasteiger partial charge on any atom is 0.325 e. The first-order valence-corrected chi connectivity index (χ1v) is 14.0. The van der Waals surface area contributed by atoms with Gasteiger partial charge in [0.2, 0.25) is 17.7 Å². The predicted molar refractivity (Wildman–Crippen MR) is 158 cm³/mol. The number of rotatable bonds is 16.